The van der Waals surface area contributed by atoms with E-state index in [0.717, 1.165) is 10.5 Å². The minimum Gasteiger partial charge on any atom is -0.480 e. The van der Waals surface area contributed by atoms with Gasteiger partial charge in [-0.05, 0) is 5.56 Å². The lowest BCUT2D eigenvalue weighted by atomic mass is 9.96. The van der Waals surface area contributed by atoms with Gasteiger partial charge in [-0.25, -0.2) is 9.59 Å². The molecule has 1 aromatic carbocycles. The van der Waals surface area contributed by atoms with Gasteiger partial charge in [-0.2, -0.15) is 0 Å². The molecule has 7 nitrogen and oxygen atoms in total. The highest BCUT2D eigenvalue weighted by Gasteiger charge is 2.53. The van der Waals surface area contributed by atoms with Crippen LogP contribution >= 0.6 is 0 Å². The van der Waals surface area contributed by atoms with Gasteiger partial charge in [-0.3, -0.25) is 4.79 Å². The van der Waals surface area contributed by atoms with E-state index in [4.69, 9.17) is 4.74 Å². The molecule has 21 heavy (non-hydrogen) atoms. The minimum absolute atomic E-state index is 0.0832. The number of carboxylic acid groups (broad SMARTS) is 1. The Morgan fingerprint density at radius 2 is 2.05 bits per heavy atom. The van der Waals surface area contributed by atoms with E-state index in [1.54, 1.807) is 0 Å². The van der Waals surface area contributed by atoms with Crippen molar-refractivity contribution in [2.45, 2.75) is 24.8 Å². The molecule has 1 aromatic rings. The molecule has 7 heteroatoms. The maximum Gasteiger partial charge on any atom is 0.329 e. The number of ketones is 1. The molecule has 2 aliphatic rings. The number of rotatable bonds is 4. The van der Waals surface area contributed by atoms with Crippen LogP contribution in [0.25, 0.3) is 0 Å². The van der Waals surface area contributed by atoms with Gasteiger partial charge in [0.05, 0.1) is 13.2 Å². The predicted molar refractivity (Wildman–Crippen MR) is 70.5 cm³/mol. The Morgan fingerprint density at radius 1 is 1.33 bits per heavy atom. The normalized spacial score (nSPS) is 27.6. The fourth-order valence-corrected chi connectivity index (χ4v) is 2.67. The summed E-state index contributed by atoms with van der Waals surface area (Å²) in [4.78, 5) is 36.5. The van der Waals surface area contributed by atoms with Gasteiger partial charge >= 0.3 is 12.0 Å². The number of carbonyl (C=O) groups excluding carboxylic acids is 2. The first-order chi connectivity index (χ1) is 10.1. The van der Waals surface area contributed by atoms with Crippen LogP contribution in [-0.2, 0) is 20.9 Å². The second-order valence-corrected chi connectivity index (χ2v) is 5.06. The number of amides is 2. The van der Waals surface area contributed by atoms with Crippen molar-refractivity contribution in [3.63, 3.8) is 0 Å². The number of hydrogen-bond donors (Lipinski definition) is 2. The molecule has 3 unspecified atom stereocenters. The van der Waals surface area contributed by atoms with Crippen LogP contribution in [0.4, 0.5) is 4.79 Å². The highest BCUT2D eigenvalue weighted by molar-refractivity contribution is 6.02. The number of aliphatic carboxylic acids is 1. The van der Waals surface area contributed by atoms with Gasteiger partial charge in [0, 0.05) is 0 Å². The number of carbonyl (C=O) groups is 3. The number of carboxylic acids is 1. The number of fused-ring (bicyclic) bond motifs is 2. The maximum absolute atomic E-state index is 12.2. The molecular formula is C14H14N2O5. The molecule has 2 fully saturated rings. The molecule has 0 radical (unpaired) electrons. The Kier molecular flexibility index (Phi) is 3.34. The third-order valence-corrected chi connectivity index (χ3v) is 3.71. The van der Waals surface area contributed by atoms with Gasteiger partial charge in [0.15, 0.2) is 11.8 Å². The Bertz CT molecular complexity index is 588. The molecule has 2 N–H and O–H groups in total. The van der Waals surface area contributed by atoms with Crippen molar-refractivity contribution in [3.05, 3.63) is 35.9 Å². The molecule has 3 atom stereocenters. The SMILES string of the molecule is O=C1C2CN(C(=O)N2)C(C(=O)O)C1OCc1ccccc1. The van der Waals surface area contributed by atoms with E-state index in [1.807, 2.05) is 30.3 Å². The second-order valence-electron chi connectivity index (χ2n) is 5.06. The van der Waals surface area contributed by atoms with Gasteiger partial charge in [-0.1, -0.05) is 30.3 Å². The number of Topliss-reactive ketones (excluding diaryl/α,β-unsaturated/α-hetero) is 1. The zero-order valence-corrected chi connectivity index (χ0v) is 11.1. The predicted octanol–water partition coefficient (Wildman–Crippen LogP) is 0.00150. The van der Waals surface area contributed by atoms with Crippen LogP contribution < -0.4 is 5.32 Å². The molecule has 0 aromatic heterocycles. The highest BCUT2D eigenvalue weighted by Crippen LogP contribution is 2.24. The van der Waals surface area contributed by atoms with Crippen molar-refractivity contribution in [1.82, 2.24) is 10.2 Å². The molecule has 2 amide bonds. The number of piperidine rings is 1. The van der Waals surface area contributed by atoms with Crippen LogP contribution in [0.1, 0.15) is 5.56 Å². The molecule has 2 bridgehead atoms. The van der Waals surface area contributed by atoms with Crippen molar-refractivity contribution < 1.29 is 24.2 Å². The summed E-state index contributed by atoms with van der Waals surface area (Å²) in [6, 6.07) is 6.65. The van der Waals surface area contributed by atoms with Gasteiger partial charge in [0.1, 0.15) is 12.1 Å². The first-order valence-electron chi connectivity index (χ1n) is 6.57. The zero-order chi connectivity index (χ0) is 15.0. The fraction of sp³-hybridized carbons (Fsp3) is 0.357. The van der Waals surface area contributed by atoms with Crippen molar-refractivity contribution in [2.75, 3.05) is 6.54 Å². The number of nitrogens with one attached hydrogen (secondary N) is 1. The van der Waals surface area contributed by atoms with E-state index < -0.39 is 30.2 Å². The van der Waals surface area contributed by atoms with Crippen LogP contribution in [-0.4, -0.2) is 52.5 Å². The first kappa shape index (κ1) is 13.6. The highest BCUT2D eigenvalue weighted by atomic mass is 16.5. The van der Waals surface area contributed by atoms with E-state index >= 15 is 0 Å². The Hall–Kier alpha value is -2.41. The van der Waals surface area contributed by atoms with Gasteiger partial charge in [0.25, 0.3) is 0 Å². The van der Waals surface area contributed by atoms with Crippen LogP contribution in [0.2, 0.25) is 0 Å². The Labute approximate surface area is 120 Å². The van der Waals surface area contributed by atoms with E-state index in [-0.39, 0.29) is 18.9 Å². The molecule has 0 spiro atoms. The topological polar surface area (TPSA) is 95.9 Å². The van der Waals surface area contributed by atoms with Crippen molar-refractivity contribution in [2.24, 2.45) is 0 Å². The Balaban J connectivity index is 1.80. The summed E-state index contributed by atoms with van der Waals surface area (Å²) in [5, 5.41) is 11.8. The lowest BCUT2D eigenvalue weighted by molar-refractivity contribution is -0.158. The molecule has 0 aliphatic carbocycles. The number of urea groups is 1. The molecule has 3 rings (SSSR count). The van der Waals surface area contributed by atoms with Crippen LogP contribution in [0, 0.1) is 0 Å². The van der Waals surface area contributed by atoms with Gasteiger partial charge < -0.3 is 20.1 Å². The van der Waals surface area contributed by atoms with Crippen molar-refractivity contribution in [1.29, 1.82) is 0 Å². The van der Waals surface area contributed by atoms with Crippen LogP contribution in [0.5, 0.6) is 0 Å². The van der Waals surface area contributed by atoms with E-state index in [1.165, 1.54) is 0 Å². The zero-order valence-electron chi connectivity index (χ0n) is 11.1. The molecular weight excluding hydrogens is 276 g/mol. The van der Waals surface area contributed by atoms with Crippen LogP contribution in [0.3, 0.4) is 0 Å². The summed E-state index contributed by atoms with van der Waals surface area (Å²) in [5.41, 5.74) is 0.835. The summed E-state index contributed by atoms with van der Waals surface area (Å²) >= 11 is 0. The summed E-state index contributed by atoms with van der Waals surface area (Å²) in [5.74, 6) is -1.63. The third-order valence-electron chi connectivity index (χ3n) is 3.71. The average Bonchev–Trinajstić information content (AvgIpc) is 2.80. The summed E-state index contributed by atoms with van der Waals surface area (Å²) in [6.07, 6.45) is -1.15. The van der Waals surface area contributed by atoms with Crippen molar-refractivity contribution >= 4 is 17.8 Å². The minimum atomic E-state index is -1.28. The van der Waals surface area contributed by atoms with Crippen LogP contribution in [0.15, 0.2) is 30.3 Å². The van der Waals surface area contributed by atoms with Crippen molar-refractivity contribution in [3.8, 4) is 0 Å². The van der Waals surface area contributed by atoms with E-state index in [0.29, 0.717) is 0 Å². The maximum atomic E-state index is 12.2. The summed E-state index contributed by atoms with van der Waals surface area (Å²) in [7, 11) is 0. The number of nitrogens with zero attached hydrogens (tertiary/aromatic N) is 1. The average molecular weight is 290 g/mol. The van der Waals surface area contributed by atoms with Gasteiger partial charge in [-0.15, -0.1) is 0 Å². The Morgan fingerprint density at radius 3 is 2.71 bits per heavy atom. The number of hydrogen-bond acceptors (Lipinski definition) is 4. The molecule has 2 heterocycles. The van der Waals surface area contributed by atoms with E-state index in [9.17, 15) is 19.5 Å². The monoisotopic (exact) mass is 290 g/mol. The molecule has 2 saturated heterocycles. The van der Waals surface area contributed by atoms with E-state index in [2.05, 4.69) is 5.32 Å². The third kappa shape index (κ3) is 2.36. The quantitative estimate of drug-likeness (QED) is 0.814. The molecule has 110 valence electrons. The summed E-state index contributed by atoms with van der Waals surface area (Å²) in [6.45, 7) is 0.204. The number of ether oxygens (including phenoxy) is 1. The second kappa shape index (κ2) is 5.17. The fourth-order valence-electron chi connectivity index (χ4n) is 2.67. The summed E-state index contributed by atoms with van der Waals surface area (Å²) < 4.78 is 5.52. The number of benzene rings is 1. The standard InChI is InChI=1S/C14H14N2O5/c17-11-9-6-16(14(20)15-9)10(13(18)19)12(11)21-7-8-4-2-1-3-5-8/h1-5,9-10,12H,6-7H2,(H,15,20)(H,18,19). The molecule has 0 saturated carbocycles. The smallest absolute Gasteiger partial charge is 0.329 e. The lowest BCUT2D eigenvalue weighted by Crippen LogP contribution is -2.59. The first-order valence-corrected chi connectivity index (χ1v) is 6.57. The lowest BCUT2D eigenvalue weighted by Gasteiger charge is -2.33. The van der Waals surface area contributed by atoms with Gasteiger partial charge in [0.2, 0.25) is 0 Å². The largest absolute Gasteiger partial charge is 0.480 e. The molecule has 2 aliphatic heterocycles.